The van der Waals surface area contributed by atoms with Crippen LogP contribution in [0.5, 0.6) is 0 Å². The summed E-state index contributed by atoms with van der Waals surface area (Å²) in [7, 11) is 0. The summed E-state index contributed by atoms with van der Waals surface area (Å²) in [4.78, 5) is 18.0. The standard InChI is InChI=1S/C19H19FN4O2S/c20-15-5-3-13(4-6-15)16-12-27-19(22-16)23-9-1-2-14(10-23)17-7-8-21-24(17)11-18(25)26/h3-8,12,14H,1-2,9-11H2,(H,25,26)/t14-/m0/s1. The summed E-state index contributed by atoms with van der Waals surface area (Å²) in [5, 5.41) is 16.1. The van der Waals surface area contributed by atoms with Crippen molar-refractivity contribution in [1.29, 1.82) is 0 Å². The molecular formula is C19H19FN4O2S. The zero-order valence-corrected chi connectivity index (χ0v) is 15.4. The van der Waals surface area contributed by atoms with Gasteiger partial charge in [-0.15, -0.1) is 11.3 Å². The molecule has 1 aromatic carbocycles. The minimum absolute atomic E-state index is 0.120. The predicted molar refractivity (Wildman–Crippen MR) is 102 cm³/mol. The molecule has 1 N–H and O–H groups in total. The summed E-state index contributed by atoms with van der Waals surface area (Å²) in [6, 6.07) is 8.25. The maximum Gasteiger partial charge on any atom is 0.325 e. The third-order valence-electron chi connectivity index (χ3n) is 4.78. The maximum atomic E-state index is 13.1. The van der Waals surface area contributed by atoms with Crippen LogP contribution in [0.4, 0.5) is 9.52 Å². The highest BCUT2D eigenvalue weighted by Gasteiger charge is 2.26. The molecule has 3 aromatic rings. The first kappa shape index (κ1) is 17.7. The number of benzene rings is 1. The van der Waals surface area contributed by atoms with Crippen molar-refractivity contribution < 1.29 is 14.3 Å². The summed E-state index contributed by atoms with van der Waals surface area (Å²) >= 11 is 1.57. The molecule has 0 amide bonds. The average molecular weight is 386 g/mol. The number of rotatable bonds is 5. The Bertz CT molecular complexity index is 937. The highest BCUT2D eigenvalue weighted by molar-refractivity contribution is 7.14. The van der Waals surface area contributed by atoms with Crippen LogP contribution in [0.3, 0.4) is 0 Å². The smallest absolute Gasteiger partial charge is 0.325 e. The van der Waals surface area contributed by atoms with Gasteiger partial charge in [-0.2, -0.15) is 5.10 Å². The van der Waals surface area contributed by atoms with Gasteiger partial charge < -0.3 is 10.0 Å². The Kier molecular flexibility index (Phi) is 4.89. The van der Waals surface area contributed by atoms with Crippen molar-refractivity contribution in [2.75, 3.05) is 18.0 Å². The summed E-state index contributed by atoms with van der Waals surface area (Å²) in [6.45, 7) is 1.58. The van der Waals surface area contributed by atoms with E-state index < -0.39 is 5.97 Å². The van der Waals surface area contributed by atoms with E-state index in [0.29, 0.717) is 0 Å². The second-order valence-electron chi connectivity index (χ2n) is 6.61. The van der Waals surface area contributed by atoms with Crippen molar-refractivity contribution in [2.24, 2.45) is 0 Å². The highest BCUT2D eigenvalue weighted by atomic mass is 32.1. The Morgan fingerprint density at radius 2 is 2.11 bits per heavy atom. The average Bonchev–Trinajstić information content (AvgIpc) is 3.32. The Labute approximate surface area is 159 Å². The SMILES string of the molecule is O=C(O)Cn1nccc1[C@H]1CCCN(c2nc(-c3ccc(F)cc3)cs2)C1. The van der Waals surface area contributed by atoms with E-state index in [0.717, 1.165) is 48.0 Å². The number of carboxylic acid groups (broad SMARTS) is 1. The Balaban J connectivity index is 1.51. The molecule has 8 heteroatoms. The van der Waals surface area contributed by atoms with Gasteiger partial charge in [-0.3, -0.25) is 9.48 Å². The molecule has 140 valence electrons. The lowest BCUT2D eigenvalue weighted by Gasteiger charge is -2.32. The number of hydrogen-bond donors (Lipinski definition) is 1. The van der Waals surface area contributed by atoms with Gasteiger partial charge in [0, 0.05) is 41.8 Å². The molecule has 0 bridgehead atoms. The van der Waals surface area contributed by atoms with Gasteiger partial charge in [-0.25, -0.2) is 9.37 Å². The zero-order valence-electron chi connectivity index (χ0n) is 14.6. The normalized spacial score (nSPS) is 17.2. The van der Waals surface area contributed by atoms with Crippen LogP contribution in [0, 0.1) is 5.82 Å². The van der Waals surface area contributed by atoms with Gasteiger partial charge in [0.1, 0.15) is 12.4 Å². The predicted octanol–water partition coefficient (Wildman–Crippen LogP) is 3.61. The second kappa shape index (κ2) is 7.48. The Morgan fingerprint density at radius 3 is 2.89 bits per heavy atom. The number of halogens is 1. The topological polar surface area (TPSA) is 71.2 Å². The van der Waals surface area contributed by atoms with Crippen molar-refractivity contribution in [3.05, 3.63) is 53.4 Å². The molecular weight excluding hydrogens is 367 g/mol. The van der Waals surface area contributed by atoms with Crippen molar-refractivity contribution in [3.8, 4) is 11.3 Å². The van der Waals surface area contributed by atoms with Crippen molar-refractivity contribution >= 4 is 22.4 Å². The quantitative estimate of drug-likeness (QED) is 0.725. The van der Waals surface area contributed by atoms with Crippen LogP contribution in [-0.4, -0.2) is 38.9 Å². The number of carboxylic acids is 1. The molecule has 0 saturated carbocycles. The van der Waals surface area contributed by atoms with E-state index in [9.17, 15) is 9.18 Å². The van der Waals surface area contributed by atoms with Crippen LogP contribution >= 0.6 is 11.3 Å². The van der Waals surface area contributed by atoms with Gasteiger partial charge in [-0.1, -0.05) is 0 Å². The lowest BCUT2D eigenvalue weighted by Crippen LogP contribution is -2.35. The molecule has 0 spiro atoms. The van der Waals surface area contributed by atoms with Crippen LogP contribution in [0.25, 0.3) is 11.3 Å². The van der Waals surface area contributed by atoms with Gasteiger partial charge >= 0.3 is 5.97 Å². The van der Waals surface area contributed by atoms with Crippen molar-refractivity contribution in [2.45, 2.75) is 25.3 Å². The molecule has 27 heavy (non-hydrogen) atoms. The van der Waals surface area contributed by atoms with E-state index in [1.807, 2.05) is 11.4 Å². The molecule has 1 saturated heterocycles. The second-order valence-corrected chi connectivity index (χ2v) is 7.45. The molecule has 6 nitrogen and oxygen atoms in total. The first-order valence-corrected chi connectivity index (χ1v) is 9.68. The first-order valence-electron chi connectivity index (χ1n) is 8.80. The number of piperidine rings is 1. The fraction of sp³-hybridized carbons (Fsp3) is 0.316. The molecule has 2 aromatic heterocycles. The number of thiazole rings is 1. The minimum atomic E-state index is -0.892. The summed E-state index contributed by atoms with van der Waals surface area (Å²) in [5.41, 5.74) is 2.69. The molecule has 0 unspecified atom stereocenters. The van der Waals surface area contributed by atoms with Gasteiger partial charge in [0.05, 0.1) is 5.69 Å². The molecule has 0 radical (unpaired) electrons. The molecule has 1 atom stereocenters. The molecule has 1 aliphatic rings. The lowest BCUT2D eigenvalue weighted by molar-refractivity contribution is -0.137. The van der Waals surface area contributed by atoms with Gasteiger partial charge in [-0.05, 0) is 43.2 Å². The minimum Gasteiger partial charge on any atom is -0.480 e. The van der Waals surface area contributed by atoms with E-state index in [-0.39, 0.29) is 18.3 Å². The molecule has 4 rings (SSSR count). The van der Waals surface area contributed by atoms with E-state index >= 15 is 0 Å². The maximum absolute atomic E-state index is 13.1. The largest absolute Gasteiger partial charge is 0.480 e. The number of aromatic nitrogens is 3. The third-order valence-corrected chi connectivity index (χ3v) is 5.68. The summed E-state index contributed by atoms with van der Waals surface area (Å²) in [5.74, 6) is -0.929. The van der Waals surface area contributed by atoms with Crippen LogP contribution in [0.15, 0.2) is 41.9 Å². The molecule has 0 aliphatic carbocycles. The van der Waals surface area contributed by atoms with E-state index in [1.54, 1.807) is 34.3 Å². The van der Waals surface area contributed by atoms with Crippen LogP contribution in [-0.2, 0) is 11.3 Å². The number of anilines is 1. The third kappa shape index (κ3) is 3.85. The summed E-state index contributed by atoms with van der Waals surface area (Å²) < 4.78 is 14.7. The molecule has 1 fully saturated rings. The van der Waals surface area contributed by atoms with E-state index in [2.05, 4.69) is 10.00 Å². The van der Waals surface area contributed by atoms with Crippen LogP contribution in [0.1, 0.15) is 24.5 Å². The monoisotopic (exact) mass is 386 g/mol. The first-order chi connectivity index (χ1) is 13.1. The van der Waals surface area contributed by atoms with Gasteiger partial charge in [0.15, 0.2) is 5.13 Å². The molecule has 1 aliphatic heterocycles. The Morgan fingerprint density at radius 1 is 1.30 bits per heavy atom. The number of hydrogen-bond acceptors (Lipinski definition) is 5. The Hall–Kier alpha value is -2.74. The molecule has 3 heterocycles. The number of aliphatic carboxylic acids is 1. The van der Waals surface area contributed by atoms with Crippen molar-refractivity contribution in [3.63, 3.8) is 0 Å². The highest BCUT2D eigenvalue weighted by Crippen LogP contribution is 2.33. The van der Waals surface area contributed by atoms with Crippen LogP contribution < -0.4 is 4.90 Å². The lowest BCUT2D eigenvalue weighted by atomic mass is 9.95. The summed E-state index contributed by atoms with van der Waals surface area (Å²) in [6.07, 6.45) is 3.67. The van der Waals surface area contributed by atoms with E-state index in [1.165, 1.54) is 12.1 Å². The van der Waals surface area contributed by atoms with E-state index in [4.69, 9.17) is 10.1 Å². The number of nitrogens with zero attached hydrogens (tertiary/aromatic N) is 4. The van der Waals surface area contributed by atoms with Gasteiger partial charge in [0.2, 0.25) is 0 Å². The van der Waals surface area contributed by atoms with Gasteiger partial charge in [0.25, 0.3) is 0 Å². The fourth-order valence-corrected chi connectivity index (χ4v) is 4.38. The zero-order chi connectivity index (χ0) is 18.8. The number of carbonyl (C=O) groups is 1. The fourth-order valence-electron chi connectivity index (χ4n) is 3.50. The van der Waals surface area contributed by atoms with Crippen LogP contribution in [0.2, 0.25) is 0 Å². The van der Waals surface area contributed by atoms with Crippen molar-refractivity contribution in [1.82, 2.24) is 14.8 Å².